The van der Waals surface area contributed by atoms with Crippen molar-refractivity contribution in [2.24, 2.45) is 0 Å². The van der Waals surface area contributed by atoms with Crippen LogP contribution < -0.4 is 4.90 Å². The van der Waals surface area contributed by atoms with Gasteiger partial charge in [-0.2, -0.15) is 0 Å². The molecule has 1 spiro atoms. The number of nitrogens with zero attached hydrogens (tertiary/aromatic N) is 2. The number of anilines is 1. The summed E-state index contributed by atoms with van der Waals surface area (Å²) in [6.45, 7) is 2.04. The Morgan fingerprint density at radius 1 is 0.964 bits per heavy atom. The zero-order chi connectivity index (χ0) is 19.4. The molecule has 2 aliphatic heterocycles. The fraction of sp³-hybridized carbons (Fsp3) is 0.391. The van der Waals surface area contributed by atoms with Crippen molar-refractivity contribution in [3.8, 4) is 0 Å². The van der Waals surface area contributed by atoms with Crippen molar-refractivity contribution in [2.45, 2.75) is 31.3 Å². The van der Waals surface area contributed by atoms with E-state index in [0.29, 0.717) is 26.1 Å². The molecule has 2 amide bonds. The second-order valence-corrected chi connectivity index (χ2v) is 7.65. The predicted molar refractivity (Wildman–Crippen MR) is 108 cm³/mol. The lowest BCUT2D eigenvalue weighted by Crippen LogP contribution is -2.59. The van der Waals surface area contributed by atoms with Crippen molar-refractivity contribution in [3.63, 3.8) is 0 Å². The summed E-state index contributed by atoms with van der Waals surface area (Å²) >= 11 is 0. The minimum atomic E-state index is -0.347. The molecule has 2 fully saturated rings. The molecule has 0 radical (unpaired) electrons. The summed E-state index contributed by atoms with van der Waals surface area (Å²) in [6, 6.07) is 19.9. The van der Waals surface area contributed by atoms with Crippen LogP contribution in [0.5, 0.6) is 0 Å². The molecule has 2 aromatic rings. The van der Waals surface area contributed by atoms with Gasteiger partial charge >= 0.3 is 0 Å². The molecular formula is C23H26N2O3. The normalized spacial score (nSPS) is 19.1. The van der Waals surface area contributed by atoms with Gasteiger partial charge in [0.25, 0.3) is 5.91 Å². The zero-order valence-corrected chi connectivity index (χ0v) is 16.0. The van der Waals surface area contributed by atoms with Gasteiger partial charge in [-0.1, -0.05) is 48.5 Å². The highest BCUT2D eigenvalue weighted by atomic mass is 16.5. The molecule has 0 saturated carbocycles. The van der Waals surface area contributed by atoms with Crippen molar-refractivity contribution >= 4 is 17.5 Å². The van der Waals surface area contributed by atoms with Crippen LogP contribution in [0.25, 0.3) is 0 Å². The van der Waals surface area contributed by atoms with Crippen LogP contribution in [0.1, 0.15) is 24.8 Å². The van der Waals surface area contributed by atoms with Crippen LogP contribution >= 0.6 is 0 Å². The maximum Gasteiger partial charge on any atom is 0.253 e. The summed E-state index contributed by atoms with van der Waals surface area (Å²) in [5, 5.41) is 0. The van der Waals surface area contributed by atoms with Crippen molar-refractivity contribution in [1.82, 2.24) is 4.90 Å². The Bertz CT molecular complexity index is 814. The second kappa shape index (κ2) is 8.15. The van der Waals surface area contributed by atoms with Gasteiger partial charge < -0.3 is 14.5 Å². The van der Waals surface area contributed by atoms with E-state index in [-0.39, 0.29) is 24.0 Å². The Morgan fingerprint density at radius 3 is 2.29 bits per heavy atom. The Labute approximate surface area is 165 Å². The maximum absolute atomic E-state index is 12.6. The first-order valence-electron chi connectivity index (χ1n) is 9.96. The first-order valence-corrected chi connectivity index (χ1v) is 9.96. The monoisotopic (exact) mass is 378 g/mol. The Morgan fingerprint density at radius 2 is 1.61 bits per heavy atom. The fourth-order valence-corrected chi connectivity index (χ4v) is 4.08. The van der Waals surface area contributed by atoms with Gasteiger partial charge in [0.05, 0.1) is 12.1 Å². The topological polar surface area (TPSA) is 49.9 Å². The number of rotatable bonds is 4. The largest absolute Gasteiger partial charge is 0.363 e. The fourth-order valence-electron chi connectivity index (χ4n) is 4.08. The SMILES string of the molecule is O=C(CCc1ccccc1)N1CCC2(CC1)CN(c1ccccc1)C(=O)CO2. The molecule has 4 rings (SSSR count). The second-order valence-electron chi connectivity index (χ2n) is 7.65. The number of hydrogen-bond donors (Lipinski definition) is 0. The minimum absolute atomic E-state index is 0.00167. The van der Waals surface area contributed by atoms with Gasteiger partial charge in [-0.15, -0.1) is 0 Å². The number of carbonyl (C=O) groups is 2. The molecule has 0 bridgehead atoms. The summed E-state index contributed by atoms with van der Waals surface area (Å²) in [5.41, 5.74) is 1.76. The van der Waals surface area contributed by atoms with Crippen molar-refractivity contribution in [3.05, 3.63) is 66.2 Å². The van der Waals surface area contributed by atoms with E-state index in [9.17, 15) is 9.59 Å². The molecule has 2 saturated heterocycles. The number of para-hydroxylation sites is 1. The maximum atomic E-state index is 12.6. The van der Waals surface area contributed by atoms with Crippen LogP contribution in [-0.2, 0) is 20.7 Å². The molecule has 28 heavy (non-hydrogen) atoms. The molecule has 146 valence electrons. The van der Waals surface area contributed by atoms with Crippen molar-refractivity contribution < 1.29 is 14.3 Å². The number of aryl methyl sites for hydroxylation is 1. The highest BCUT2D eigenvalue weighted by Gasteiger charge is 2.43. The number of morpholine rings is 1. The number of hydrogen-bond acceptors (Lipinski definition) is 3. The standard InChI is InChI=1S/C23H26N2O3/c26-21(12-11-19-7-3-1-4-8-19)24-15-13-23(14-16-24)18-25(22(27)17-28-23)20-9-5-2-6-10-20/h1-10H,11-18H2. The van der Waals surface area contributed by atoms with Gasteiger partial charge in [0.2, 0.25) is 5.91 Å². The summed E-state index contributed by atoms with van der Waals surface area (Å²) in [6.07, 6.45) is 2.84. The van der Waals surface area contributed by atoms with Crippen LogP contribution in [0.2, 0.25) is 0 Å². The van der Waals surface area contributed by atoms with Crippen LogP contribution in [-0.4, -0.2) is 48.6 Å². The number of piperidine rings is 1. The van der Waals surface area contributed by atoms with Crippen molar-refractivity contribution in [2.75, 3.05) is 31.1 Å². The highest BCUT2D eigenvalue weighted by Crippen LogP contribution is 2.33. The van der Waals surface area contributed by atoms with Gasteiger partial charge in [-0.05, 0) is 37.0 Å². The average Bonchev–Trinajstić information content (AvgIpc) is 2.76. The third-order valence-electron chi connectivity index (χ3n) is 5.81. The van der Waals surface area contributed by atoms with Crippen LogP contribution in [0, 0.1) is 0 Å². The summed E-state index contributed by atoms with van der Waals surface area (Å²) < 4.78 is 6.00. The van der Waals surface area contributed by atoms with E-state index in [1.165, 1.54) is 5.56 Å². The summed E-state index contributed by atoms with van der Waals surface area (Å²) in [5.74, 6) is 0.198. The number of ether oxygens (including phenoxy) is 1. The van der Waals surface area contributed by atoms with E-state index in [0.717, 1.165) is 24.9 Å². The average molecular weight is 378 g/mol. The van der Waals surface area contributed by atoms with Crippen molar-refractivity contribution in [1.29, 1.82) is 0 Å². The predicted octanol–water partition coefficient (Wildman–Crippen LogP) is 3.04. The quantitative estimate of drug-likeness (QED) is 0.822. The number of carbonyl (C=O) groups excluding carboxylic acids is 2. The van der Waals surface area contributed by atoms with E-state index in [1.807, 2.05) is 58.3 Å². The molecular weight excluding hydrogens is 352 g/mol. The lowest BCUT2D eigenvalue weighted by atomic mass is 9.88. The molecule has 0 aromatic heterocycles. The van der Waals surface area contributed by atoms with E-state index in [2.05, 4.69) is 12.1 Å². The molecule has 2 aromatic carbocycles. The Hall–Kier alpha value is -2.66. The summed E-state index contributed by atoms with van der Waals surface area (Å²) in [4.78, 5) is 28.7. The van der Waals surface area contributed by atoms with E-state index >= 15 is 0 Å². The van der Waals surface area contributed by atoms with Gasteiger partial charge in [0, 0.05) is 25.2 Å². The lowest BCUT2D eigenvalue weighted by Gasteiger charge is -2.47. The first-order chi connectivity index (χ1) is 13.7. The molecule has 0 aliphatic carbocycles. The molecule has 2 aliphatic rings. The first kappa shape index (κ1) is 18.7. The highest BCUT2D eigenvalue weighted by molar-refractivity contribution is 5.95. The third-order valence-corrected chi connectivity index (χ3v) is 5.81. The molecule has 0 atom stereocenters. The van der Waals surface area contributed by atoms with Crippen LogP contribution in [0.15, 0.2) is 60.7 Å². The smallest absolute Gasteiger partial charge is 0.253 e. The minimum Gasteiger partial charge on any atom is -0.363 e. The molecule has 5 nitrogen and oxygen atoms in total. The number of amides is 2. The molecule has 0 unspecified atom stereocenters. The van der Waals surface area contributed by atoms with Gasteiger partial charge in [0.1, 0.15) is 6.61 Å². The van der Waals surface area contributed by atoms with E-state index in [4.69, 9.17) is 4.74 Å². The number of benzene rings is 2. The van der Waals surface area contributed by atoms with Gasteiger partial charge in [-0.3, -0.25) is 9.59 Å². The molecule has 5 heteroatoms. The van der Waals surface area contributed by atoms with Crippen LogP contribution in [0.4, 0.5) is 5.69 Å². The Balaban J connectivity index is 1.34. The number of likely N-dealkylation sites (tertiary alicyclic amines) is 1. The zero-order valence-electron chi connectivity index (χ0n) is 16.0. The van der Waals surface area contributed by atoms with E-state index in [1.54, 1.807) is 0 Å². The van der Waals surface area contributed by atoms with Gasteiger partial charge in [-0.25, -0.2) is 0 Å². The Kier molecular flexibility index (Phi) is 5.44. The van der Waals surface area contributed by atoms with Crippen LogP contribution in [0.3, 0.4) is 0 Å². The molecule has 0 N–H and O–H groups in total. The lowest BCUT2D eigenvalue weighted by molar-refractivity contribution is -0.150. The van der Waals surface area contributed by atoms with Gasteiger partial charge in [0.15, 0.2) is 0 Å². The summed E-state index contributed by atoms with van der Waals surface area (Å²) in [7, 11) is 0. The van der Waals surface area contributed by atoms with E-state index < -0.39 is 0 Å². The molecule has 2 heterocycles. The third kappa shape index (κ3) is 4.09.